The number of furan rings is 5. The summed E-state index contributed by atoms with van der Waals surface area (Å²) in [5.74, 6) is 17.1. The zero-order valence-electron chi connectivity index (χ0n) is 78.8. The van der Waals surface area contributed by atoms with Gasteiger partial charge in [-0.15, -0.1) is 32.1 Å². The normalized spacial score (nSPS) is 15.0. The van der Waals surface area contributed by atoms with Gasteiger partial charge in [-0.25, -0.2) is 24.9 Å². The first-order chi connectivity index (χ1) is 71.3. The minimum absolute atomic E-state index is 0.0125. The molecule has 5 aliphatic heterocycles. The summed E-state index contributed by atoms with van der Waals surface area (Å²) in [5, 5.41) is 12.4. The number of halogens is 3. The van der Waals surface area contributed by atoms with E-state index in [2.05, 4.69) is 162 Å². The SMILES string of the molecule is C#Cc1ccc2c(c1)C(c1ccccc1)=N[C@@H](C)c1c(-c3ccco3)ncn1-2.C#Cc1ccc2c(c1)C(c1ccccc1Br)=N[C@H](C)c1c(-c3ccco3)ncn1-2.C#Cc1ccc2c(c1)C(c1ccccc1Cl)=N[C@H](C)c1c(-c3ccco3)ncn1-2.C#Cc1ccc2c(c1)C(c1ccccc1I)=N[C@H](C)c1c(-c3ccco3)ncn1-2.C#Cc1ccc2c(c1)C(c1ccccc1[N+](=O)[O-])=N[C@H](C)c1c(-c3ccco3)ncn1-2. The van der Waals surface area contributed by atoms with Crippen LogP contribution in [0.5, 0.6) is 0 Å². The van der Waals surface area contributed by atoms with Gasteiger partial charge in [0, 0.05) is 97.0 Å². The van der Waals surface area contributed by atoms with E-state index in [1.54, 1.807) is 61.9 Å². The van der Waals surface area contributed by atoms with E-state index < -0.39 is 4.92 Å². The molecule has 26 heteroatoms. The molecule has 0 unspecified atom stereocenters. The van der Waals surface area contributed by atoms with Crippen LogP contribution in [0.4, 0.5) is 5.69 Å². The maximum atomic E-state index is 11.7. The number of nitro benzene ring substituents is 1. The van der Waals surface area contributed by atoms with Crippen LogP contribution in [0.25, 0.3) is 85.7 Å². The van der Waals surface area contributed by atoms with Crippen LogP contribution in [0.15, 0.2) is 394 Å². The highest BCUT2D eigenvalue weighted by molar-refractivity contribution is 14.1. The summed E-state index contributed by atoms with van der Waals surface area (Å²) in [6.45, 7) is 10.2. The Labute approximate surface area is 866 Å². The Morgan fingerprint density at radius 2 is 0.582 bits per heavy atom. The minimum atomic E-state index is -0.395. The zero-order valence-corrected chi connectivity index (χ0v) is 83.3. The van der Waals surface area contributed by atoms with E-state index in [0.29, 0.717) is 44.6 Å². The first kappa shape index (κ1) is 94.0. The molecule has 5 atom stereocenters. The highest BCUT2D eigenvalue weighted by atomic mass is 127. The molecule has 23 nitrogen and oxygen atoms in total. The van der Waals surface area contributed by atoms with Crippen molar-refractivity contribution in [2.45, 2.75) is 64.8 Å². The molecular weight excluding hydrogens is 2020 g/mol. The van der Waals surface area contributed by atoms with Gasteiger partial charge in [0.05, 0.1) is 157 Å². The van der Waals surface area contributed by atoms with Crippen molar-refractivity contribution >= 4 is 84.4 Å². The molecule has 0 saturated heterocycles. The first-order valence-corrected chi connectivity index (χ1v) is 48.7. The number of imidazole rings is 5. The number of terminal acetylenes is 5. The number of aliphatic imine (C=N–C) groups is 5. The maximum Gasteiger partial charge on any atom is 0.278 e. The summed E-state index contributed by atoms with van der Waals surface area (Å²) in [7, 11) is 0. The van der Waals surface area contributed by atoms with Crippen molar-refractivity contribution in [3.05, 3.63) is 477 Å². The van der Waals surface area contributed by atoms with Gasteiger partial charge in [0.2, 0.25) is 0 Å². The Morgan fingerprint density at radius 1 is 0.315 bits per heavy atom. The Balaban J connectivity index is 0.000000107. The largest absolute Gasteiger partial charge is 0.463 e. The second-order valence-electron chi connectivity index (χ2n) is 34.4. The fourth-order valence-corrected chi connectivity index (χ4v) is 20.3. The molecule has 704 valence electrons. The quantitative estimate of drug-likeness (QED) is 0.0507. The lowest BCUT2D eigenvalue weighted by Crippen LogP contribution is -2.10. The number of hydrogen-bond donors (Lipinski definition) is 0. The van der Waals surface area contributed by atoms with E-state index in [1.165, 1.54) is 6.07 Å². The molecule has 25 rings (SSSR count). The third-order valence-electron chi connectivity index (χ3n) is 25.6. The van der Waals surface area contributed by atoms with Crippen LogP contribution in [-0.2, 0) is 0 Å². The molecule has 0 amide bonds. The molecular formula is C120H81BrClIN16O7. The number of fused-ring (bicyclic) bond motifs is 15. The van der Waals surface area contributed by atoms with Gasteiger partial charge in [0.15, 0.2) is 28.8 Å². The molecule has 0 bridgehead atoms. The van der Waals surface area contributed by atoms with Crippen molar-refractivity contribution in [3.63, 3.8) is 0 Å². The van der Waals surface area contributed by atoms with Crippen LogP contribution in [0.1, 0.15) is 177 Å². The van der Waals surface area contributed by atoms with Crippen LogP contribution >= 0.6 is 50.1 Å². The third-order valence-corrected chi connectivity index (χ3v) is 27.5. The predicted octanol–water partition coefficient (Wildman–Crippen LogP) is 27.1. The van der Waals surface area contributed by atoms with E-state index in [1.807, 2.05) is 262 Å². The second-order valence-corrected chi connectivity index (χ2v) is 36.8. The van der Waals surface area contributed by atoms with E-state index in [-0.39, 0.29) is 35.9 Å². The number of rotatable bonds is 11. The van der Waals surface area contributed by atoms with Crippen LogP contribution in [0.3, 0.4) is 0 Å². The average molecular weight is 2100 g/mol. The maximum absolute atomic E-state index is 11.7. The summed E-state index contributed by atoms with van der Waals surface area (Å²) < 4.78 is 40.5. The highest BCUT2D eigenvalue weighted by Gasteiger charge is 2.36. The number of hydrogen-bond acceptors (Lipinski definition) is 17. The van der Waals surface area contributed by atoms with Gasteiger partial charge in [-0.2, -0.15) is 0 Å². The minimum Gasteiger partial charge on any atom is -0.463 e. The number of para-hydroxylation sites is 1. The molecule has 10 aromatic carbocycles. The van der Waals surface area contributed by atoms with Crippen molar-refractivity contribution in [2.75, 3.05) is 0 Å². The van der Waals surface area contributed by atoms with E-state index in [0.717, 1.165) is 195 Å². The lowest BCUT2D eigenvalue weighted by Gasteiger charge is -2.13. The molecule has 0 saturated carbocycles. The molecule has 20 aromatic rings. The summed E-state index contributed by atoms with van der Waals surface area (Å²) in [4.78, 5) is 59.8. The van der Waals surface area contributed by atoms with Gasteiger partial charge >= 0.3 is 0 Å². The van der Waals surface area contributed by atoms with E-state index >= 15 is 0 Å². The molecule has 146 heavy (non-hydrogen) atoms. The van der Waals surface area contributed by atoms with Gasteiger partial charge < -0.3 is 22.1 Å². The van der Waals surface area contributed by atoms with Crippen LogP contribution in [-0.4, -0.2) is 81.2 Å². The second kappa shape index (κ2) is 40.4. The third kappa shape index (κ3) is 17.7. The Bertz CT molecular complexity index is 8390. The Hall–Kier alpha value is -18.3. The van der Waals surface area contributed by atoms with Gasteiger partial charge in [-0.05, 0) is 233 Å². The summed E-state index contributed by atoms with van der Waals surface area (Å²) >= 11 is 12.6. The van der Waals surface area contributed by atoms with Gasteiger partial charge in [-0.3, -0.25) is 57.9 Å². The Kier molecular flexibility index (Phi) is 26.0. The molecule has 10 aromatic heterocycles. The smallest absolute Gasteiger partial charge is 0.278 e. The molecule has 0 aliphatic carbocycles. The predicted molar refractivity (Wildman–Crippen MR) is 581 cm³/mol. The Morgan fingerprint density at radius 3 is 0.890 bits per heavy atom. The molecule has 0 N–H and O–H groups in total. The average Bonchev–Trinajstić information content (AvgIpc) is 1.63. The van der Waals surface area contributed by atoms with Crippen molar-refractivity contribution in [3.8, 4) is 147 Å². The van der Waals surface area contributed by atoms with Crippen LogP contribution in [0.2, 0.25) is 5.02 Å². The lowest BCUT2D eigenvalue weighted by molar-refractivity contribution is -0.385. The number of benzene rings is 10. The van der Waals surface area contributed by atoms with Gasteiger partial charge in [0.25, 0.3) is 5.69 Å². The van der Waals surface area contributed by atoms with Gasteiger partial charge in [0.1, 0.15) is 60.1 Å². The zero-order chi connectivity index (χ0) is 100. The summed E-state index contributed by atoms with van der Waals surface area (Å²) in [6, 6.07) is 88.3. The van der Waals surface area contributed by atoms with Crippen LogP contribution < -0.4 is 0 Å². The van der Waals surface area contributed by atoms with Crippen molar-refractivity contribution in [1.29, 1.82) is 0 Å². The lowest BCUT2D eigenvalue weighted by atomic mass is 9.97. The van der Waals surface area contributed by atoms with Crippen molar-refractivity contribution in [2.24, 2.45) is 25.0 Å². The fraction of sp³-hybridized carbons (Fsp3) is 0.0833. The number of aromatic nitrogens is 10. The first-order valence-electron chi connectivity index (χ1n) is 46.4. The highest BCUT2D eigenvalue weighted by Crippen LogP contribution is 2.46. The topological polar surface area (TPSA) is 260 Å². The number of nitro groups is 1. The molecule has 15 heterocycles. The standard InChI is InChI=1S/C24H16BrN3O.C24H16ClN3O.C24H16IN3O.C24H16N4O3.C24H17N3O/c3*1-3-16-10-11-20-18(13-16)22(17-7-4-5-8-19(17)25)27-15(2)24-23(26-14-28(20)24)21-9-6-12-29-21;1-3-16-10-11-19-18(13-16)22(17-7-4-5-8-20(17)28(29)30)26-15(2)24-23(25-14-27(19)24)21-9-6-12-31-21;1-3-17-11-12-20-19(14-17)22(18-8-5-4-6-9-18)26-16(2)24-23(25-15-27(20)24)21-10-7-13-28-21/h3*1,4-15H,2H3;1,4-15H,2H3;1,4-16H,2H3/t4*15-;16-/m11110/s1. The van der Waals surface area contributed by atoms with Crippen molar-refractivity contribution in [1.82, 2.24) is 47.8 Å². The monoisotopic (exact) mass is 2100 g/mol. The molecule has 0 fully saturated rings. The fourth-order valence-electron chi connectivity index (χ4n) is 19.0. The molecule has 0 spiro atoms. The summed E-state index contributed by atoms with van der Waals surface area (Å²) in [5.41, 5.74) is 30.4. The molecule has 0 radical (unpaired) electrons. The van der Waals surface area contributed by atoms with E-state index in [9.17, 15) is 10.1 Å². The van der Waals surface area contributed by atoms with Gasteiger partial charge in [-0.1, -0.05) is 154 Å². The van der Waals surface area contributed by atoms with Crippen molar-refractivity contribution < 1.29 is 27.0 Å². The number of nitrogens with zero attached hydrogens (tertiary/aromatic N) is 16. The van der Waals surface area contributed by atoms with E-state index in [4.69, 9.17) is 90.8 Å². The van der Waals surface area contributed by atoms with Crippen LogP contribution in [0, 0.1) is 75.4 Å². The molecule has 5 aliphatic rings. The summed E-state index contributed by atoms with van der Waals surface area (Å²) in [6.07, 6.45) is 45.7.